The Hall–Kier alpha value is -2.54. The number of nitrogens with one attached hydrogen (secondary N) is 1. The lowest BCUT2D eigenvalue weighted by atomic mass is 10.2. The second-order valence-electron chi connectivity index (χ2n) is 4.66. The molecule has 0 atom stereocenters. The first-order valence-corrected chi connectivity index (χ1v) is 7.77. The molecule has 126 valence electrons. The van der Waals surface area contributed by atoms with E-state index in [1.54, 1.807) is 38.5 Å². The van der Waals surface area contributed by atoms with E-state index in [1.165, 1.54) is 13.3 Å². The molecule has 0 spiro atoms. The van der Waals surface area contributed by atoms with E-state index in [0.29, 0.717) is 17.1 Å². The zero-order valence-corrected chi connectivity index (χ0v) is 15.1. The van der Waals surface area contributed by atoms with Gasteiger partial charge in [-0.2, -0.15) is 5.10 Å². The van der Waals surface area contributed by atoms with Gasteiger partial charge in [0, 0.05) is 6.07 Å². The summed E-state index contributed by atoms with van der Waals surface area (Å²) < 4.78 is 16.3. The Bertz CT molecular complexity index is 762. The zero-order chi connectivity index (χ0) is 17.5. The van der Waals surface area contributed by atoms with Crippen LogP contribution >= 0.6 is 15.9 Å². The molecular weight excluding hydrogens is 376 g/mol. The van der Waals surface area contributed by atoms with Gasteiger partial charge in [0.1, 0.15) is 17.2 Å². The number of benzene rings is 2. The SMILES string of the molecule is COc1ccc(C(=O)NN=Cc2ccc(OC)c(Br)c2)c(OC)c1. The van der Waals surface area contributed by atoms with Crippen LogP contribution in [0.4, 0.5) is 0 Å². The van der Waals surface area contributed by atoms with E-state index in [0.717, 1.165) is 15.8 Å². The summed E-state index contributed by atoms with van der Waals surface area (Å²) >= 11 is 3.39. The molecule has 0 aliphatic heterocycles. The Balaban J connectivity index is 2.09. The van der Waals surface area contributed by atoms with Crippen LogP contribution in [0.15, 0.2) is 46.0 Å². The van der Waals surface area contributed by atoms with Crippen molar-refractivity contribution in [1.82, 2.24) is 5.43 Å². The van der Waals surface area contributed by atoms with Crippen molar-refractivity contribution in [2.24, 2.45) is 5.10 Å². The number of carbonyl (C=O) groups is 1. The average molecular weight is 393 g/mol. The second kappa shape index (κ2) is 8.35. The summed E-state index contributed by atoms with van der Waals surface area (Å²) in [6.07, 6.45) is 1.54. The number of hydrogen-bond donors (Lipinski definition) is 1. The van der Waals surface area contributed by atoms with Crippen LogP contribution in [-0.4, -0.2) is 33.5 Å². The number of rotatable bonds is 6. The summed E-state index contributed by atoms with van der Waals surface area (Å²) in [5, 5.41) is 3.96. The van der Waals surface area contributed by atoms with Crippen LogP contribution < -0.4 is 19.6 Å². The van der Waals surface area contributed by atoms with Gasteiger partial charge in [-0.25, -0.2) is 5.43 Å². The van der Waals surface area contributed by atoms with Gasteiger partial charge in [0.25, 0.3) is 5.91 Å². The van der Waals surface area contributed by atoms with Gasteiger partial charge >= 0.3 is 0 Å². The van der Waals surface area contributed by atoms with Gasteiger partial charge in [-0.15, -0.1) is 0 Å². The highest BCUT2D eigenvalue weighted by molar-refractivity contribution is 9.10. The fourth-order valence-corrected chi connectivity index (χ4v) is 2.53. The van der Waals surface area contributed by atoms with Crippen LogP contribution in [0.2, 0.25) is 0 Å². The smallest absolute Gasteiger partial charge is 0.275 e. The standard InChI is InChI=1S/C17H17BrN2O4/c1-22-12-5-6-13(16(9-12)24-3)17(21)20-19-10-11-4-7-15(23-2)14(18)8-11/h4-10H,1-3H3,(H,20,21). The molecule has 0 saturated carbocycles. The number of carbonyl (C=O) groups excluding carboxylic acids is 1. The molecule has 2 aromatic rings. The van der Waals surface area contributed by atoms with E-state index in [4.69, 9.17) is 14.2 Å². The molecule has 2 rings (SSSR count). The van der Waals surface area contributed by atoms with Crippen molar-refractivity contribution < 1.29 is 19.0 Å². The minimum absolute atomic E-state index is 0.367. The molecule has 0 fully saturated rings. The summed E-state index contributed by atoms with van der Waals surface area (Å²) in [5.41, 5.74) is 3.65. The third kappa shape index (κ3) is 4.26. The number of hydrazone groups is 1. The van der Waals surface area contributed by atoms with Gasteiger partial charge in [-0.1, -0.05) is 0 Å². The minimum atomic E-state index is -0.377. The lowest BCUT2D eigenvalue weighted by molar-refractivity contribution is 0.0952. The Labute approximate surface area is 148 Å². The number of hydrogen-bond acceptors (Lipinski definition) is 5. The van der Waals surface area contributed by atoms with E-state index in [1.807, 2.05) is 12.1 Å². The largest absolute Gasteiger partial charge is 0.497 e. The van der Waals surface area contributed by atoms with Gasteiger partial charge in [0.15, 0.2) is 0 Å². The van der Waals surface area contributed by atoms with E-state index < -0.39 is 0 Å². The fraction of sp³-hybridized carbons (Fsp3) is 0.176. The van der Waals surface area contributed by atoms with Crippen molar-refractivity contribution in [3.63, 3.8) is 0 Å². The molecule has 24 heavy (non-hydrogen) atoms. The van der Waals surface area contributed by atoms with E-state index in [2.05, 4.69) is 26.5 Å². The Morgan fingerprint density at radius 3 is 2.42 bits per heavy atom. The molecule has 0 aromatic heterocycles. The van der Waals surface area contributed by atoms with Crippen molar-refractivity contribution in [2.45, 2.75) is 0 Å². The first-order valence-electron chi connectivity index (χ1n) is 6.98. The van der Waals surface area contributed by atoms with E-state index in [9.17, 15) is 4.79 Å². The molecule has 0 radical (unpaired) electrons. The molecule has 2 aromatic carbocycles. The highest BCUT2D eigenvalue weighted by atomic mass is 79.9. The molecule has 7 heteroatoms. The first kappa shape index (κ1) is 17.8. The van der Waals surface area contributed by atoms with Crippen molar-refractivity contribution in [3.05, 3.63) is 52.0 Å². The van der Waals surface area contributed by atoms with Crippen LogP contribution in [0.5, 0.6) is 17.2 Å². The van der Waals surface area contributed by atoms with Gasteiger partial charge in [-0.05, 0) is 51.8 Å². The topological polar surface area (TPSA) is 69.2 Å². The van der Waals surface area contributed by atoms with Crippen LogP contribution in [0.1, 0.15) is 15.9 Å². The highest BCUT2D eigenvalue weighted by Crippen LogP contribution is 2.25. The molecule has 1 amide bonds. The van der Waals surface area contributed by atoms with Crippen LogP contribution in [0.3, 0.4) is 0 Å². The maximum absolute atomic E-state index is 12.2. The third-order valence-electron chi connectivity index (χ3n) is 3.21. The molecular formula is C17H17BrN2O4. The second-order valence-corrected chi connectivity index (χ2v) is 5.51. The molecule has 0 saturated heterocycles. The molecule has 6 nitrogen and oxygen atoms in total. The van der Waals surface area contributed by atoms with Crippen molar-refractivity contribution in [1.29, 1.82) is 0 Å². The zero-order valence-electron chi connectivity index (χ0n) is 13.5. The summed E-state index contributed by atoms with van der Waals surface area (Å²) in [6, 6.07) is 10.4. The maximum atomic E-state index is 12.2. The van der Waals surface area contributed by atoms with Crippen LogP contribution in [0.25, 0.3) is 0 Å². The van der Waals surface area contributed by atoms with Gasteiger partial charge in [0.05, 0.1) is 37.6 Å². The number of nitrogens with zero attached hydrogens (tertiary/aromatic N) is 1. The number of amides is 1. The summed E-state index contributed by atoms with van der Waals surface area (Å²) in [7, 11) is 4.63. The van der Waals surface area contributed by atoms with Gasteiger partial charge in [0.2, 0.25) is 0 Å². The lowest BCUT2D eigenvalue weighted by Gasteiger charge is -2.09. The summed E-state index contributed by atoms with van der Waals surface area (Å²) in [4.78, 5) is 12.2. The van der Waals surface area contributed by atoms with E-state index >= 15 is 0 Å². The molecule has 0 aliphatic carbocycles. The number of halogens is 1. The quantitative estimate of drug-likeness (QED) is 0.605. The normalized spacial score (nSPS) is 10.5. The van der Waals surface area contributed by atoms with Crippen LogP contribution in [-0.2, 0) is 0 Å². The summed E-state index contributed by atoms with van der Waals surface area (Å²) in [6.45, 7) is 0. The third-order valence-corrected chi connectivity index (χ3v) is 3.83. The average Bonchev–Trinajstić information content (AvgIpc) is 2.61. The van der Waals surface area contributed by atoms with Crippen molar-refractivity contribution in [3.8, 4) is 17.2 Å². The van der Waals surface area contributed by atoms with Crippen molar-refractivity contribution >= 4 is 28.1 Å². The number of ether oxygens (including phenoxy) is 3. The number of methoxy groups -OCH3 is 3. The monoisotopic (exact) mass is 392 g/mol. The Kier molecular flexibility index (Phi) is 6.20. The summed E-state index contributed by atoms with van der Waals surface area (Å²) in [5.74, 6) is 1.36. The Morgan fingerprint density at radius 1 is 1.04 bits per heavy atom. The van der Waals surface area contributed by atoms with E-state index in [-0.39, 0.29) is 5.91 Å². The fourth-order valence-electron chi connectivity index (χ4n) is 1.97. The lowest BCUT2D eigenvalue weighted by Crippen LogP contribution is -2.18. The maximum Gasteiger partial charge on any atom is 0.275 e. The van der Waals surface area contributed by atoms with Gasteiger partial charge in [-0.3, -0.25) is 4.79 Å². The molecule has 0 bridgehead atoms. The molecule has 1 N–H and O–H groups in total. The highest BCUT2D eigenvalue weighted by Gasteiger charge is 2.12. The minimum Gasteiger partial charge on any atom is -0.497 e. The predicted octanol–water partition coefficient (Wildman–Crippen LogP) is 3.24. The van der Waals surface area contributed by atoms with Crippen LogP contribution in [0, 0.1) is 0 Å². The van der Waals surface area contributed by atoms with Gasteiger partial charge < -0.3 is 14.2 Å². The van der Waals surface area contributed by atoms with Crippen molar-refractivity contribution in [2.75, 3.05) is 21.3 Å². The molecule has 0 heterocycles. The molecule has 0 aliphatic rings. The Morgan fingerprint density at radius 2 is 1.79 bits per heavy atom. The predicted molar refractivity (Wildman–Crippen MR) is 95.3 cm³/mol. The molecule has 0 unspecified atom stereocenters. The first-order chi connectivity index (χ1) is 11.6.